The number of hydrogen-bond donors (Lipinski definition) is 0. The van der Waals surface area contributed by atoms with Crippen molar-refractivity contribution < 1.29 is 18.7 Å². The molecule has 3 heterocycles. The molecule has 0 spiro atoms. The van der Waals surface area contributed by atoms with E-state index >= 15 is 0 Å². The minimum absolute atomic E-state index is 0.00459. The van der Waals surface area contributed by atoms with E-state index in [-0.39, 0.29) is 36.1 Å². The number of anilines is 1. The number of halogens is 1. The molecule has 2 amide bonds. The second-order valence-electron chi connectivity index (χ2n) is 7.98. The van der Waals surface area contributed by atoms with Crippen LogP contribution in [0.15, 0.2) is 48.5 Å². The Morgan fingerprint density at radius 2 is 1.90 bits per heavy atom. The Labute approximate surface area is 183 Å². The van der Waals surface area contributed by atoms with E-state index in [1.54, 1.807) is 11.0 Å². The molecular weight excluding hydrogens is 417 g/mol. The Hall–Kier alpha value is -3.00. The van der Waals surface area contributed by atoms with Gasteiger partial charge in [0.05, 0.1) is 16.1 Å². The molecular formula is C23H22FN3O3S. The van der Waals surface area contributed by atoms with Gasteiger partial charge in [-0.3, -0.25) is 9.59 Å². The van der Waals surface area contributed by atoms with Crippen LogP contribution in [-0.2, 0) is 9.59 Å². The van der Waals surface area contributed by atoms with E-state index in [1.165, 1.54) is 23.5 Å². The van der Waals surface area contributed by atoms with Gasteiger partial charge in [-0.25, -0.2) is 9.37 Å². The van der Waals surface area contributed by atoms with Gasteiger partial charge in [0.1, 0.15) is 11.9 Å². The van der Waals surface area contributed by atoms with Crippen molar-refractivity contribution in [2.45, 2.75) is 25.4 Å². The minimum Gasteiger partial charge on any atom is -0.467 e. The highest BCUT2D eigenvalue weighted by molar-refractivity contribution is 7.20. The quantitative estimate of drug-likeness (QED) is 0.619. The van der Waals surface area contributed by atoms with Gasteiger partial charge >= 0.3 is 0 Å². The first-order valence-corrected chi connectivity index (χ1v) is 11.3. The molecule has 1 aromatic heterocycles. The highest BCUT2D eigenvalue weighted by atomic mass is 32.1. The summed E-state index contributed by atoms with van der Waals surface area (Å²) in [7, 11) is 0. The van der Waals surface area contributed by atoms with Gasteiger partial charge in [-0.05, 0) is 30.3 Å². The molecule has 8 heteroatoms. The second-order valence-corrected chi connectivity index (χ2v) is 8.97. The fourth-order valence-electron chi connectivity index (χ4n) is 4.25. The van der Waals surface area contributed by atoms with Crippen LogP contribution in [0.2, 0.25) is 0 Å². The van der Waals surface area contributed by atoms with Crippen LogP contribution in [0.4, 0.5) is 10.1 Å². The number of thiazole rings is 1. The third kappa shape index (κ3) is 4.12. The second kappa shape index (κ2) is 8.26. The molecule has 0 N–H and O–H groups in total. The molecule has 6 nitrogen and oxygen atoms in total. The van der Waals surface area contributed by atoms with Crippen molar-refractivity contribution in [2.75, 3.05) is 24.5 Å². The molecule has 1 atom stereocenters. The van der Waals surface area contributed by atoms with Crippen LogP contribution in [0.3, 0.4) is 0 Å². The average Bonchev–Trinajstić information content (AvgIpc) is 3.37. The molecule has 2 aliphatic heterocycles. The van der Waals surface area contributed by atoms with E-state index in [9.17, 15) is 14.0 Å². The predicted molar refractivity (Wildman–Crippen MR) is 117 cm³/mol. The number of carbonyl (C=O) groups is 2. The molecule has 5 rings (SSSR count). The van der Waals surface area contributed by atoms with Crippen LogP contribution in [-0.4, -0.2) is 47.4 Å². The van der Waals surface area contributed by atoms with Crippen molar-refractivity contribution in [2.24, 2.45) is 5.92 Å². The summed E-state index contributed by atoms with van der Waals surface area (Å²) in [6, 6.07) is 14.0. The lowest BCUT2D eigenvalue weighted by Gasteiger charge is -2.33. The Balaban J connectivity index is 1.16. The Bertz CT molecular complexity index is 1110. The number of benzene rings is 2. The maximum atomic E-state index is 13.4. The molecule has 0 bridgehead atoms. The van der Waals surface area contributed by atoms with Crippen molar-refractivity contribution in [3.63, 3.8) is 0 Å². The van der Waals surface area contributed by atoms with Crippen molar-refractivity contribution in [3.8, 4) is 5.19 Å². The summed E-state index contributed by atoms with van der Waals surface area (Å²) in [6.45, 7) is 1.62. The van der Waals surface area contributed by atoms with Gasteiger partial charge in [0.25, 0.3) is 5.19 Å². The molecule has 2 aromatic carbocycles. The smallest absolute Gasteiger partial charge is 0.274 e. The van der Waals surface area contributed by atoms with Gasteiger partial charge in [0.15, 0.2) is 0 Å². The van der Waals surface area contributed by atoms with Crippen LogP contribution in [0.25, 0.3) is 10.2 Å². The van der Waals surface area contributed by atoms with Gasteiger partial charge < -0.3 is 14.5 Å². The highest BCUT2D eigenvalue weighted by Gasteiger charge is 2.38. The number of piperidine rings is 1. The van der Waals surface area contributed by atoms with E-state index in [0.717, 1.165) is 15.9 Å². The first-order chi connectivity index (χ1) is 15.1. The topological polar surface area (TPSA) is 62.7 Å². The van der Waals surface area contributed by atoms with E-state index in [1.807, 2.05) is 35.2 Å². The standard InChI is InChI=1S/C23H22FN3O3S/c24-16-6-7-19-20(13-16)31-23(25-19)30-18-8-10-26(11-9-18)22(29)15-12-21(28)27(14-15)17-4-2-1-3-5-17/h1-7,13,15,18H,8-12,14H2. The summed E-state index contributed by atoms with van der Waals surface area (Å²) < 4.78 is 20.1. The molecule has 0 radical (unpaired) electrons. The van der Waals surface area contributed by atoms with Crippen LogP contribution in [0.5, 0.6) is 5.19 Å². The molecule has 0 aliphatic carbocycles. The number of likely N-dealkylation sites (tertiary alicyclic amines) is 1. The number of rotatable bonds is 4. The van der Waals surface area contributed by atoms with Crippen LogP contribution in [0.1, 0.15) is 19.3 Å². The van der Waals surface area contributed by atoms with Gasteiger partial charge in [0.2, 0.25) is 11.8 Å². The first-order valence-electron chi connectivity index (χ1n) is 10.4. The minimum atomic E-state index is -0.302. The summed E-state index contributed by atoms with van der Waals surface area (Å²) in [5, 5.41) is 0.533. The zero-order valence-electron chi connectivity index (χ0n) is 16.9. The van der Waals surface area contributed by atoms with Crippen molar-refractivity contribution in [1.29, 1.82) is 0 Å². The Morgan fingerprint density at radius 3 is 2.68 bits per heavy atom. The lowest BCUT2D eigenvalue weighted by Crippen LogP contribution is -2.44. The number of fused-ring (bicyclic) bond motifs is 1. The number of aromatic nitrogens is 1. The number of para-hydroxylation sites is 1. The van der Waals surface area contributed by atoms with Crippen LogP contribution in [0, 0.1) is 11.7 Å². The number of hydrogen-bond acceptors (Lipinski definition) is 5. The summed E-state index contributed by atoms with van der Waals surface area (Å²) in [6.07, 6.45) is 1.64. The molecule has 3 aromatic rings. The maximum Gasteiger partial charge on any atom is 0.274 e. The predicted octanol–water partition coefficient (Wildman–Crippen LogP) is 3.86. The largest absolute Gasteiger partial charge is 0.467 e. The molecule has 1 unspecified atom stereocenters. The van der Waals surface area contributed by atoms with Crippen molar-refractivity contribution in [1.82, 2.24) is 9.88 Å². The lowest BCUT2D eigenvalue weighted by atomic mass is 10.0. The van der Waals surface area contributed by atoms with Gasteiger partial charge in [0, 0.05) is 44.6 Å². The lowest BCUT2D eigenvalue weighted by molar-refractivity contribution is -0.137. The molecule has 2 fully saturated rings. The number of nitrogens with zero attached hydrogens (tertiary/aromatic N) is 3. The molecule has 2 saturated heterocycles. The van der Waals surface area contributed by atoms with Crippen LogP contribution >= 0.6 is 11.3 Å². The maximum absolute atomic E-state index is 13.4. The summed E-state index contributed by atoms with van der Waals surface area (Å²) in [5.74, 6) is -0.550. The van der Waals surface area contributed by atoms with E-state index < -0.39 is 0 Å². The average molecular weight is 440 g/mol. The number of ether oxygens (including phenoxy) is 1. The van der Waals surface area contributed by atoms with Crippen LogP contribution < -0.4 is 9.64 Å². The van der Waals surface area contributed by atoms with E-state index in [0.29, 0.717) is 37.7 Å². The normalized spacial score (nSPS) is 19.9. The molecule has 0 saturated carbocycles. The third-order valence-electron chi connectivity index (χ3n) is 5.89. The monoisotopic (exact) mass is 439 g/mol. The van der Waals surface area contributed by atoms with Gasteiger partial charge in [-0.15, -0.1) is 0 Å². The van der Waals surface area contributed by atoms with Gasteiger partial charge in [-0.2, -0.15) is 0 Å². The Kier molecular flexibility index (Phi) is 5.31. The fraction of sp³-hybridized carbons (Fsp3) is 0.348. The third-order valence-corrected chi connectivity index (χ3v) is 6.80. The summed E-state index contributed by atoms with van der Waals surface area (Å²) in [4.78, 5) is 33.4. The van der Waals surface area contributed by atoms with Gasteiger partial charge in [-0.1, -0.05) is 29.5 Å². The highest BCUT2D eigenvalue weighted by Crippen LogP contribution is 2.31. The summed E-state index contributed by atoms with van der Waals surface area (Å²) in [5.41, 5.74) is 1.56. The first kappa shape index (κ1) is 19.9. The number of carbonyl (C=O) groups excluding carboxylic acids is 2. The zero-order valence-corrected chi connectivity index (χ0v) is 17.7. The van der Waals surface area contributed by atoms with Crippen molar-refractivity contribution in [3.05, 3.63) is 54.3 Å². The Morgan fingerprint density at radius 1 is 1.13 bits per heavy atom. The number of amides is 2. The molecule has 2 aliphatic rings. The van der Waals surface area contributed by atoms with E-state index in [4.69, 9.17) is 4.74 Å². The zero-order chi connectivity index (χ0) is 21.4. The summed E-state index contributed by atoms with van der Waals surface area (Å²) >= 11 is 1.33. The molecule has 31 heavy (non-hydrogen) atoms. The molecule has 160 valence electrons. The van der Waals surface area contributed by atoms with Crippen molar-refractivity contribution >= 4 is 39.1 Å². The fourth-order valence-corrected chi connectivity index (χ4v) is 5.16. The van der Waals surface area contributed by atoms with E-state index in [2.05, 4.69) is 4.98 Å². The SMILES string of the molecule is O=C(C1CC(=O)N(c2ccccc2)C1)N1CCC(Oc2nc3ccc(F)cc3s2)CC1.